The maximum absolute atomic E-state index is 4.51. The van der Waals surface area contributed by atoms with Crippen LogP contribution in [0.2, 0.25) is 0 Å². The quantitative estimate of drug-likeness (QED) is 0.0230. The summed E-state index contributed by atoms with van der Waals surface area (Å²) < 4.78 is 0. The fourth-order valence-electron chi connectivity index (χ4n) is 7.68. The highest BCUT2D eigenvalue weighted by Gasteiger charge is 2.07. The van der Waals surface area contributed by atoms with E-state index in [2.05, 4.69) is 246 Å². The van der Waals surface area contributed by atoms with Crippen molar-refractivity contribution in [1.82, 2.24) is 72.1 Å². The number of pyridine rings is 4. The Bertz CT molecular complexity index is 2660. The Labute approximate surface area is 594 Å². The van der Waals surface area contributed by atoms with Gasteiger partial charge in [-0.2, -0.15) is 0 Å². The number of nitrogens with one attached hydrogen (secondary N) is 8. The lowest BCUT2D eigenvalue weighted by molar-refractivity contribution is 0.581. The molecule has 0 amide bonds. The van der Waals surface area contributed by atoms with E-state index in [-0.39, 0.29) is 7.43 Å². The van der Waals surface area contributed by atoms with Gasteiger partial charge in [-0.25, -0.2) is 19.9 Å². The number of rotatable bonds is 28. The van der Waals surface area contributed by atoms with E-state index in [1.54, 1.807) is 11.3 Å². The molecular formula is C75H135N21S. The van der Waals surface area contributed by atoms with Gasteiger partial charge in [0.1, 0.15) is 11.6 Å². The smallest absolute Gasteiger partial charge is 0.202 e. The third-order valence-corrected chi connectivity index (χ3v) is 14.5. The van der Waals surface area contributed by atoms with E-state index in [1.165, 1.54) is 28.1 Å². The largest absolute Gasteiger partial charge is 0.378 e. The van der Waals surface area contributed by atoms with Crippen LogP contribution in [0, 0.1) is 0 Å². The molecule has 7 aromatic rings. The molecule has 0 aliphatic carbocycles. The van der Waals surface area contributed by atoms with E-state index >= 15 is 0 Å². The van der Waals surface area contributed by atoms with Gasteiger partial charge in [0.05, 0.1) is 40.9 Å². The lowest BCUT2D eigenvalue weighted by atomic mass is 10.2. The maximum Gasteiger partial charge on any atom is 0.202 e. The monoisotopic (exact) mass is 1360 g/mol. The van der Waals surface area contributed by atoms with Crippen LogP contribution in [0.1, 0.15) is 144 Å². The zero-order valence-corrected chi connectivity index (χ0v) is 65.4. The molecule has 21 nitrogen and oxygen atoms in total. The topological polar surface area (TPSA) is 200 Å². The Balaban J connectivity index is 0.00000111. The predicted molar refractivity (Wildman–Crippen MR) is 425 cm³/mol. The van der Waals surface area contributed by atoms with Crippen LogP contribution >= 0.6 is 11.3 Å². The Morgan fingerprint density at radius 1 is 0.361 bits per heavy atom. The minimum absolute atomic E-state index is 0. The average molecular weight is 1360 g/mol. The number of benzene rings is 1. The van der Waals surface area contributed by atoms with E-state index in [0.29, 0.717) is 42.3 Å². The van der Waals surface area contributed by atoms with Gasteiger partial charge in [-0.1, -0.05) is 123 Å². The first-order chi connectivity index (χ1) is 45.1. The second-order valence-electron chi connectivity index (χ2n) is 27.1. The van der Waals surface area contributed by atoms with Crippen molar-refractivity contribution in [3.05, 3.63) is 149 Å². The summed E-state index contributed by atoms with van der Waals surface area (Å²) in [6, 6.07) is 28.7. The van der Waals surface area contributed by atoms with Crippen molar-refractivity contribution in [2.75, 3.05) is 133 Å². The summed E-state index contributed by atoms with van der Waals surface area (Å²) in [6.45, 7) is 36.1. The van der Waals surface area contributed by atoms with Crippen molar-refractivity contribution in [2.45, 2.75) is 192 Å². The van der Waals surface area contributed by atoms with Crippen LogP contribution in [-0.2, 0) is 45.8 Å². The van der Waals surface area contributed by atoms with Crippen LogP contribution in [0.4, 0.5) is 39.8 Å². The molecular weight excluding hydrogens is 1230 g/mol. The lowest BCUT2D eigenvalue weighted by Crippen LogP contribution is -2.22. The molecule has 0 atom stereocenters. The average Bonchev–Trinajstić information content (AvgIpc) is 1.15. The standard InChI is InChI=1S/C12H20N2.4C11H19N3.C9H18N4.C9H17N3S.CH4/c1-10(2)13-9-11-6-5-7-12(8-11)14(3)4;1-9(2)13-7-10-5-11(14(3)4)8-12-6-10;1-9(2)13-8-10-7-11(14(3)4)5-6-12-10;1-9(2)13-8-10-5-6-12-11(7-10)14(3)4;1-9(2)12-8-10-6-5-7-11(13-10)14(3)4;1-7(2)10-5-8-6-11-9(12-8)13(3)4;1-7(2)10-5-8-6-13-9(11-8)12(3)4;/h5-8,10,13H,9H2,1-4H3;5-6,8-9,13H,7H2,1-4H3;2*5-7,9,13H,8H2,1-4H3;5-7,9,12H,8H2,1-4H3;6-7,10H,5H2,1-4H3,(H,11,12);6-7,10H,5H2,1-4H3;1H4. The highest BCUT2D eigenvalue weighted by atomic mass is 32.1. The summed E-state index contributed by atoms with van der Waals surface area (Å²) >= 11 is 1.68. The van der Waals surface area contributed by atoms with E-state index < -0.39 is 0 Å². The summed E-state index contributed by atoms with van der Waals surface area (Å²) in [4.78, 5) is 43.5. The third kappa shape index (κ3) is 43.8. The molecule has 0 saturated carbocycles. The first kappa shape index (κ1) is 90.0. The number of imidazole rings is 1. The van der Waals surface area contributed by atoms with Crippen molar-refractivity contribution < 1.29 is 0 Å². The molecule has 97 heavy (non-hydrogen) atoms. The van der Waals surface area contributed by atoms with Gasteiger partial charge >= 0.3 is 0 Å². The SMILES string of the molecule is C.CC(C)NCc1cc(N(C)C)ccn1.CC(C)NCc1cccc(N(C)C)c1.CC(C)NCc1cccc(N(C)C)n1.CC(C)NCc1ccnc(N(C)C)c1.CC(C)NCc1cnc(N(C)C)[nH]1.CC(C)NCc1cncc(N(C)C)c1.CC(C)NCc1csc(N(C)C)n1. The van der Waals surface area contributed by atoms with Crippen LogP contribution in [0.5, 0.6) is 0 Å². The van der Waals surface area contributed by atoms with Crippen molar-refractivity contribution >= 4 is 51.1 Å². The number of thiazole rings is 1. The molecule has 0 unspecified atom stereocenters. The molecule has 0 aliphatic heterocycles. The minimum atomic E-state index is 0. The molecule has 1 aromatic carbocycles. The number of aromatic amines is 1. The number of H-pyrrole nitrogens is 1. The van der Waals surface area contributed by atoms with E-state index in [0.717, 1.165) is 97.0 Å². The summed E-state index contributed by atoms with van der Waals surface area (Å²) in [5.74, 6) is 2.92. The first-order valence-corrected chi connectivity index (χ1v) is 34.8. The van der Waals surface area contributed by atoms with Crippen molar-refractivity contribution in [3.8, 4) is 0 Å². The Hall–Kier alpha value is -7.02. The molecule has 0 fully saturated rings. The van der Waals surface area contributed by atoms with Gasteiger partial charge in [-0.15, -0.1) is 11.3 Å². The van der Waals surface area contributed by atoms with Crippen LogP contribution in [0.15, 0.2) is 109 Å². The Morgan fingerprint density at radius 2 is 0.814 bits per heavy atom. The van der Waals surface area contributed by atoms with Gasteiger partial charge in [0, 0.05) is 222 Å². The molecule has 0 bridgehead atoms. The van der Waals surface area contributed by atoms with Crippen LogP contribution < -0.4 is 71.5 Å². The minimum Gasteiger partial charge on any atom is -0.378 e. The molecule has 546 valence electrons. The summed E-state index contributed by atoms with van der Waals surface area (Å²) in [7, 11) is 28.2. The lowest BCUT2D eigenvalue weighted by Gasteiger charge is -2.14. The fourth-order valence-corrected chi connectivity index (χ4v) is 8.44. The molecule has 6 heterocycles. The highest BCUT2D eigenvalue weighted by Crippen LogP contribution is 2.19. The van der Waals surface area contributed by atoms with Gasteiger partial charge in [0.2, 0.25) is 5.95 Å². The number of hydrogen-bond acceptors (Lipinski definition) is 21. The first-order valence-electron chi connectivity index (χ1n) is 33.9. The van der Waals surface area contributed by atoms with Crippen LogP contribution in [0.25, 0.3) is 0 Å². The zero-order chi connectivity index (χ0) is 72.5. The Kier molecular flexibility index (Phi) is 46.7. The van der Waals surface area contributed by atoms with E-state index in [4.69, 9.17) is 0 Å². The maximum atomic E-state index is 4.51. The predicted octanol–water partition coefficient (Wildman–Crippen LogP) is 12.1. The highest BCUT2D eigenvalue weighted by molar-refractivity contribution is 7.13. The number of aromatic nitrogens is 7. The van der Waals surface area contributed by atoms with Crippen molar-refractivity contribution in [3.63, 3.8) is 0 Å². The second kappa shape index (κ2) is 50.3. The van der Waals surface area contributed by atoms with Crippen LogP contribution in [0.3, 0.4) is 0 Å². The molecule has 22 heteroatoms. The second-order valence-corrected chi connectivity index (χ2v) is 27.9. The van der Waals surface area contributed by atoms with Crippen molar-refractivity contribution in [2.24, 2.45) is 0 Å². The summed E-state index contributed by atoms with van der Waals surface area (Å²) in [6.07, 6.45) is 9.35. The molecule has 6 aromatic heterocycles. The fraction of sp³-hybridized carbons (Fsp3) is 0.573. The van der Waals surface area contributed by atoms with Crippen molar-refractivity contribution in [1.29, 1.82) is 0 Å². The van der Waals surface area contributed by atoms with Gasteiger partial charge < -0.3 is 76.5 Å². The van der Waals surface area contributed by atoms with Gasteiger partial charge in [0.25, 0.3) is 0 Å². The number of nitrogens with zero attached hydrogens (tertiary/aromatic N) is 13. The Morgan fingerprint density at radius 3 is 1.30 bits per heavy atom. The normalized spacial score (nSPS) is 10.6. The summed E-state index contributed by atoms with van der Waals surface area (Å²) in [5.41, 5.74) is 11.9. The molecule has 7 rings (SSSR count). The zero-order valence-electron chi connectivity index (χ0n) is 64.6. The number of anilines is 7. The van der Waals surface area contributed by atoms with E-state index in [9.17, 15) is 0 Å². The molecule has 0 radical (unpaired) electrons. The third-order valence-electron chi connectivity index (χ3n) is 13.4. The van der Waals surface area contributed by atoms with Gasteiger partial charge in [-0.3, -0.25) is 9.97 Å². The molecule has 8 N–H and O–H groups in total. The molecule has 0 saturated heterocycles. The summed E-state index contributed by atoms with van der Waals surface area (Å²) in [5, 5.41) is 26.7. The van der Waals surface area contributed by atoms with Gasteiger partial charge in [-0.05, 0) is 71.3 Å². The molecule has 0 aliphatic rings. The number of hydrogen-bond donors (Lipinski definition) is 8. The van der Waals surface area contributed by atoms with Crippen LogP contribution in [-0.4, -0.2) is 176 Å². The molecule has 0 spiro atoms. The van der Waals surface area contributed by atoms with E-state index in [1.807, 2.05) is 165 Å². The van der Waals surface area contributed by atoms with Gasteiger partial charge in [0.15, 0.2) is 5.13 Å².